The second-order valence-corrected chi connectivity index (χ2v) is 13.5. The molecular weight excluding hydrogens is 629 g/mol. The van der Waals surface area contributed by atoms with Crippen molar-refractivity contribution in [1.29, 1.82) is 0 Å². The van der Waals surface area contributed by atoms with Crippen LogP contribution >= 0.6 is 23.2 Å². The summed E-state index contributed by atoms with van der Waals surface area (Å²) in [5.41, 5.74) is 3.12. The summed E-state index contributed by atoms with van der Waals surface area (Å²) in [4.78, 5) is 27.1. The Morgan fingerprint density at radius 1 is 0.978 bits per heavy atom. The lowest BCUT2D eigenvalue weighted by Gasteiger charge is -2.48. The Labute approximate surface area is 276 Å². The summed E-state index contributed by atoms with van der Waals surface area (Å²) >= 11 is 12.3. The lowest BCUT2D eigenvalue weighted by molar-refractivity contribution is -0.137. The monoisotopic (exact) mass is 659 g/mol. The molecular formula is C36H31Cl2NO7. The van der Waals surface area contributed by atoms with Crippen LogP contribution in [0.15, 0.2) is 66.7 Å². The quantitative estimate of drug-likeness (QED) is 0.198. The first-order chi connectivity index (χ1) is 21.9. The lowest BCUT2D eigenvalue weighted by atomic mass is 9.74. The summed E-state index contributed by atoms with van der Waals surface area (Å²) in [6.07, 6.45) is 1.43. The van der Waals surface area contributed by atoms with Gasteiger partial charge in [-0.2, -0.15) is 0 Å². The van der Waals surface area contributed by atoms with Crippen molar-refractivity contribution in [2.24, 2.45) is 0 Å². The molecule has 0 saturated carbocycles. The van der Waals surface area contributed by atoms with Crippen LogP contribution in [0.3, 0.4) is 0 Å². The van der Waals surface area contributed by atoms with E-state index in [1.165, 1.54) is 12.1 Å². The predicted molar refractivity (Wildman–Crippen MR) is 174 cm³/mol. The predicted octanol–water partition coefficient (Wildman–Crippen LogP) is 9.02. The molecule has 10 heteroatoms. The number of carboxylic acids is 1. The van der Waals surface area contributed by atoms with Crippen molar-refractivity contribution in [3.8, 4) is 28.7 Å². The van der Waals surface area contributed by atoms with Gasteiger partial charge in [-0.15, -0.1) is 0 Å². The molecule has 8 nitrogen and oxygen atoms in total. The van der Waals surface area contributed by atoms with E-state index in [1.807, 2.05) is 30.3 Å². The van der Waals surface area contributed by atoms with Crippen LogP contribution in [-0.4, -0.2) is 34.2 Å². The number of nitrogens with zero attached hydrogens (tertiary/aromatic N) is 1. The number of ether oxygens (including phenoxy) is 3. The van der Waals surface area contributed by atoms with Gasteiger partial charge in [-0.25, -0.2) is 4.79 Å². The van der Waals surface area contributed by atoms with E-state index in [2.05, 4.69) is 31.7 Å². The second-order valence-electron chi connectivity index (χ2n) is 12.7. The molecule has 3 heterocycles. The minimum absolute atomic E-state index is 0.0499. The largest absolute Gasteiger partial charge is 0.505 e. The Balaban J connectivity index is 1.39. The number of rotatable bonds is 6. The lowest BCUT2D eigenvalue weighted by Crippen LogP contribution is -2.49. The van der Waals surface area contributed by atoms with Crippen LogP contribution in [0.25, 0.3) is 0 Å². The number of carbonyl (C=O) groups is 2. The number of carboxylic acid groups (broad SMARTS) is 1. The highest BCUT2D eigenvalue weighted by atomic mass is 35.5. The van der Waals surface area contributed by atoms with E-state index < -0.39 is 17.5 Å². The van der Waals surface area contributed by atoms with Gasteiger partial charge in [-0.3, -0.25) is 4.79 Å². The highest BCUT2D eigenvalue weighted by molar-refractivity contribution is 6.37. The first-order valence-electron chi connectivity index (χ1n) is 15.1. The molecule has 236 valence electrons. The average molecular weight is 661 g/mol. The fraction of sp³-hybridized carbons (Fsp3) is 0.278. The van der Waals surface area contributed by atoms with Crippen LogP contribution in [0.2, 0.25) is 10.0 Å². The maximum Gasteiger partial charge on any atom is 0.340 e. The summed E-state index contributed by atoms with van der Waals surface area (Å²) < 4.78 is 19.1. The summed E-state index contributed by atoms with van der Waals surface area (Å²) in [5.74, 6) is 0.383. The van der Waals surface area contributed by atoms with Crippen LogP contribution in [0.5, 0.6) is 28.7 Å². The van der Waals surface area contributed by atoms with Gasteiger partial charge in [0, 0.05) is 65.1 Å². The van der Waals surface area contributed by atoms with Crippen LogP contribution in [0.1, 0.15) is 78.6 Å². The third-order valence-electron chi connectivity index (χ3n) is 9.19. The number of phenolic OH excluding ortho intramolecular Hbond substituents is 1. The summed E-state index contributed by atoms with van der Waals surface area (Å²) in [7, 11) is 0. The van der Waals surface area contributed by atoms with Gasteiger partial charge in [0.05, 0.1) is 15.6 Å². The number of fused-ring (bicyclic) bond motifs is 7. The van der Waals surface area contributed by atoms with Crippen LogP contribution < -0.4 is 14.4 Å². The fourth-order valence-electron chi connectivity index (χ4n) is 7.24. The molecule has 0 aliphatic carbocycles. The summed E-state index contributed by atoms with van der Waals surface area (Å²) in [6, 6.07) is 19.7. The highest BCUT2D eigenvalue weighted by Gasteiger charge is 2.54. The molecule has 2 atom stereocenters. The highest BCUT2D eigenvalue weighted by Crippen LogP contribution is 2.59. The van der Waals surface area contributed by atoms with Crippen molar-refractivity contribution in [3.05, 3.63) is 105 Å². The Hall–Kier alpha value is -4.40. The molecule has 2 unspecified atom stereocenters. The zero-order valence-electron chi connectivity index (χ0n) is 25.4. The van der Waals surface area contributed by atoms with E-state index in [0.29, 0.717) is 47.1 Å². The van der Waals surface area contributed by atoms with Crippen molar-refractivity contribution in [3.63, 3.8) is 0 Å². The second kappa shape index (κ2) is 10.9. The Morgan fingerprint density at radius 2 is 1.70 bits per heavy atom. The molecule has 3 aliphatic heterocycles. The van der Waals surface area contributed by atoms with Crippen LogP contribution in [0, 0.1) is 0 Å². The molecule has 0 amide bonds. The van der Waals surface area contributed by atoms with Crippen molar-refractivity contribution in [1.82, 2.24) is 0 Å². The third kappa shape index (κ3) is 4.74. The number of hydrogen-bond acceptors (Lipinski definition) is 7. The molecule has 46 heavy (non-hydrogen) atoms. The van der Waals surface area contributed by atoms with Crippen molar-refractivity contribution < 1.29 is 34.0 Å². The summed E-state index contributed by atoms with van der Waals surface area (Å²) in [5, 5.41) is 19.4. The molecule has 0 aromatic heterocycles. The topological polar surface area (TPSA) is 106 Å². The maximum absolute atomic E-state index is 13.4. The first-order valence-corrected chi connectivity index (χ1v) is 15.8. The molecule has 7 rings (SSSR count). The number of aliphatic carboxylic acids is 1. The smallest absolute Gasteiger partial charge is 0.340 e. The molecule has 0 radical (unpaired) electrons. The SMILES string of the molecule is CC1CC(C)(C)N(CCCC(=O)O)c2cc3c(cc21)C1(OC(=O)c2ccccc21)c1ccc(Oc2cc(Cl)c(O)c(Cl)c2)cc1O3. The van der Waals surface area contributed by atoms with E-state index in [1.54, 1.807) is 18.2 Å². The van der Waals surface area contributed by atoms with Gasteiger partial charge in [0.15, 0.2) is 11.4 Å². The van der Waals surface area contributed by atoms with E-state index in [-0.39, 0.29) is 33.7 Å². The molecule has 1 spiro atoms. The van der Waals surface area contributed by atoms with E-state index in [0.717, 1.165) is 28.8 Å². The van der Waals surface area contributed by atoms with Gasteiger partial charge >= 0.3 is 11.9 Å². The molecule has 4 aromatic rings. The molecule has 2 N–H and O–H groups in total. The number of carbonyl (C=O) groups excluding carboxylic acids is 1. The standard InChI is InChI=1S/C36H31Cl2NO7/c1-19-18-35(2,3)39(12-6-9-32(40)41)29-17-31-26(16-23(19)29)36(24-8-5-4-7-22(24)34(43)46-36)25-11-10-20(15-30(25)45-31)44-21-13-27(37)33(42)28(38)14-21/h4-5,7-8,10-11,13-17,19,42H,6,9,12,18H2,1-3H3,(H,40,41). The van der Waals surface area contributed by atoms with Gasteiger partial charge in [0.25, 0.3) is 0 Å². The fourth-order valence-corrected chi connectivity index (χ4v) is 7.71. The molecule has 0 bridgehead atoms. The van der Waals surface area contributed by atoms with Gasteiger partial charge in [0.2, 0.25) is 0 Å². The van der Waals surface area contributed by atoms with Gasteiger partial charge in [0.1, 0.15) is 23.0 Å². The van der Waals surface area contributed by atoms with Crippen molar-refractivity contribution >= 4 is 40.8 Å². The Morgan fingerprint density at radius 3 is 2.43 bits per heavy atom. The minimum Gasteiger partial charge on any atom is -0.505 e. The average Bonchev–Trinajstić information content (AvgIpc) is 3.29. The first kappa shape index (κ1) is 30.3. The number of hydrogen-bond donors (Lipinski definition) is 2. The molecule has 3 aliphatic rings. The zero-order chi connectivity index (χ0) is 32.5. The van der Waals surface area contributed by atoms with Gasteiger partial charge in [-0.05, 0) is 62.4 Å². The Bertz CT molecular complexity index is 1920. The number of halogens is 2. The van der Waals surface area contributed by atoms with Crippen LogP contribution in [0.4, 0.5) is 5.69 Å². The number of aromatic hydroxyl groups is 1. The maximum atomic E-state index is 13.4. The third-order valence-corrected chi connectivity index (χ3v) is 9.77. The normalized spacial score (nSPS) is 20.2. The number of phenols is 1. The van der Waals surface area contributed by atoms with Crippen LogP contribution in [-0.2, 0) is 15.1 Å². The van der Waals surface area contributed by atoms with E-state index >= 15 is 0 Å². The molecule has 0 fully saturated rings. The molecule has 4 aromatic carbocycles. The zero-order valence-corrected chi connectivity index (χ0v) is 26.9. The van der Waals surface area contributed by atoms with E-state index in [4.69, 9.17) is 37.4 Å². The van der Waals surface area contributed by atoms with Crippen molar-refractivity contribution in [2.75, 3.05) is 11.4 Å². The van der Waals surface area contributed by atoms with Gasteiger partial charge < -0.3 is 29.3 Å². The number of anilines is 1. The van der Waals surface area contributed by atoms with E-state index in [9.17, 15) is 19.8 Å². The summed E-state index contributed by atoms with van der Waals surface area (Å²) in [6.45, 7) is 7.09. The minimum atomic E-state index is -1.27. The Kier molecular flexibility index (Phi) is 7.14. The number of esters is 1. The molecule has 0 saturated heterocycles. The number of benzene rings is 4. The van der Waals surface area contributed by atoms with Crippen molar-refractivity contribution in [2.45, 2.75) is 57.1 Å². The van der Waals surface area contributed by atoms with Gasteiger partial charge in [-0.1, -0.05) is 48.3 Å².